The summed E-state index contributed by atoms with van der Waals surface area (Å²) in [6.07, 6.45) is 0. The van der Waals surface area contributed by atoms with E-state index in [1.165, 1.54) is 24.8 Å². The Kier molecular flexibility index (Phi) is 6.12. The number of nitriles is 1. The maximum atomic E-state index is 12.0. The molecule has 0 bridgehead atoms. The molecule has 5 nitrogen and oxygen atoms in total. The van der Waals surface area contributed by atoms with Crippen molar-refractivity contribution in [1.82, 2.24) is 4.98 Å². The van der Waals surface area contributed by atoms with Crippen molar-refractivity contribution in [2.75, 3.05) is 11.1 Å². The van der Waals surface area contributed by atoms with Gasteiger partial charge in [0, 0.05) is 21.4 Å². The second-order valence-corrected chi connectivity index (χ2v) is 6.87. The number of thioether (sulfide) groups is 1. The van der Waals surface area contributed by atoms with Crippen molar-refractivity contribution in [2.45, 2.75) is 18.9 Å². The predicted octanol–water partition coefficient (Wildman–Crippen LogP) is 3.96. The molecule has 0 spiro atoms. The van der Waals surface area contributed by atoms with Crippen LogP contribution in [0.4, 0.5) is 5.69 Å². The van der Waals surface area contributed by atoms with Crippen molar-refractivity contribution < 1.29 is 9.59 Å². The molecule has 0 aliphatic carbocycles. The third-order valence-corrected chi connectivity index (χ3v) is 4.61. The van der Waals surface area contributed by atoms with E-state index in [0.717, 1.165) is 4.47 Å². The van der Waals surface area contributed by atoms with Gasteiger partial charge in [-0.05, 0) is 38.1 Å². The Hall–Kier alpha value is -2.17. The first-order chi connectivity index (χ1) is 11.4. The number of nitrogens with one attached hydrogen (secondary N) is 1. The summed E-state index contributed by atoms with van der Waals surface area (Å²) < 4.78 is 0.872. The number of Topliss-reactive ketones (excluding diaryl/α,β-unsaturated/α-hetero) is 1. The number of anilines is 1. The van der Waals surface area contributed by atoms with Crippen LogP contribution in [0.5, 0.6) is 0 Å². The molecule has 0 aliphatic heterocycles. The molecule has 2 rings (SSSR count). The zero-order chi connectivity index (χ0) is 17.7. The Morgan fingerprint density at radius 3 is 2.75 bits per heavy atom. The van der Waals surface area contributed by atoms with Crippen LogP contribution in [0.15, 0.2) is 39.8 Å². The fourth-order valence-electron chi connectivity index (χ4n) is 2.03. The number of rotatable bonds is 5. The first kappa shape index (κ1) is 18.2. The summed E-state index contributed by atoms with van der Waals surface area (Å²) in [6, 6.07) is 10.8. The van der Waals surface area contributed by atoms with Crippen LogP contribution in [0.25, 0.3) is 0 Å². The normalized spacial score (nSPS) is 10.1. The minimum atomic E-state index is -0.197. The van der Waals surface area contributed by atoms with Crippen molar-refractivity contribution in [1.29, 1.82) is 5.26 Å². The first-order valence-corrected chi connectivity index (χ1v) is 8.79. The second-order valence-electron chi connectivity index (χ2n) is 4.99. The van der Waals surface area contributed by atoms with Gasteiger partial charge in [-0.2, -0.15) is 5.26 Å². The maximum absolute atomic E-state index is 12.0. The minimum absolute atomic E-state index is 0.118. The Bertz CT molecular complexity index is 846. The molecule has 1 aromatic carbocycles. The van der Waals surface area contributed by atoms with Crippen LogP contribution in [0.1, 0.15) is 28.5 Å². The van der Waals surface area contributed by atoms with Crippen LogP contribution < -0.4 is 5.32 Å². The molecule has 1 aromatic heterocycles. The predicted molar refractivity (Wildman–Crippen MR) is 97.2 cm³/mol. The highest BCUT2D eigenvalue weighted by molar-refractivity contribution is 9.10. The van der Waals surface area contributed by atoms with E-state index in [-0.39, 0.29) is 17.4 Å². The molecule has 0 radical (unpaired) electrons. The molecule has 24 heavy (non-hydrogen) atoms. The highest BCUT2D eigenvalue weighted by atomic mass is 79.9. The van der Waals surface area contributed by atoms with Crippen molar-refractivity contribution in [3.63, 3.8) is 0 Å². The third kappa shape index (κ3) is 4.66. The lowest BCUT2D eigenvalue weighted by atomic mass is 10.1. The largest absolute Gasteiger partial charge is 0.325 e. The Labute approximate surface area is 152 Å². The van der Waals surface area contributed by atoms with Gasteiger partial charge in [0.05, 0.1) is 11.3 Å². The number of carbonyl (C=O) groups excluding carboxylic acids is 2. The monoisotopic (exact) mass is 403 g/mol. The number of ketones is 1. The summed E-state index contributed by atoms with van der Waals surface area (Å²) in [6.45, 7) is 3.15. The summed E-state index contributed by atoms with van der Waals surface area (Å²) >= 11 is 4.51. The number of amides is 1. The summed E-state index contributed by atoms with van der Waals surface area (Å²) in [4.78, 5) is 27.9. The summed E-state index contributed by atoms with van der Waals surface area (Å²) in [5.41, 5.74) is 1.96. The van der Waals surface area contributed by atoms with Crippen LogP contribution in [-0.4, -0.2) is 22.4 Å². The van der Waals surface area contributed by atoms with Crippen LogP contribution in [-0.2, 0) is 4.79 Å². The van der Waals surface area contributed by atoms with Crippen LogP contribution in [0.2, 0.25) is 0 Å². The quantitative estimate of drug-likeness (QED) is 0.603. The number of hydrogen-bond acceptors (Lipinski definition) is 5. The smallest absolute Gasteiger partial charge is 0.234 e. The van der Waals surface area contributed by atoms with E-state index in [0.29, 0.717) is 27.5 Å². The lowest BCUT2D eigenvalue weighted by molar-refractivity contribution is -0.113. The van der Waals surface area contributed by atoms with Crippen LogP contribution in [0, 0.1) is 18.3 Å². The van der Waals surface area contributed by atoms with Gasteiger partial charge >= 0.3 is 0 Å². The molecule has 122 valence electrons. The molecule has 7 heteroatoms. The fourth-order valence-corrected chi connectivity index (χ4v) is 3.23. The summed E-state index contributed by atoms with van der Waals surface area (Å²) in [5.74, 6) is -0.218. The summed E-state index contributed by atoms with van der Waals surface area (Å²) in [5, 5.41) is 12.5. The molecule has 2 aromatic rings. The van der Waals surface area contributed by atoms with Gasteiger partial charge in [0.25, 0.3) is 0 Å². The van der Waals surface area contributed by atoms with Gasteiger partial charge in [0.15, 0.2) is 5.78 Å². The van der Waals surface area contributed by atoms with E-state index >= 15 is 0 Å². The van der Waals surface area contributed by atoms with Crippen molar-refractivity contribution in [3.05, 3.63) is 51.6 Å². The molecule has 1 amide bonds. The standard InChI is InChI=1S/C17H14BrN3O2S/c1-10-15(11(2)22)6-12(8-19)17(20-10)24-9-16(23)21-14-5-3-4-13(18)7-14/h3-7H,9H2,1-2H3,(H,21,23). The van der Waals surface area contributed by atoms with Gasteiger partial charge in [0.2, 0.25) is 5.91 Å². The van der Waals surface area contributed by atoms with Crippen molar-refractivity contribution in [3.8, 4) is 6.07 Å². The average molecular weight is 404 g/mol. The minimum Gasteiger partial charge on any atom is -0.325 e. The molecular formula is C17H14BrN3O2S. The van der Waals surface area contributed by atoms with Crippen LogP contribution >= 0.6 is 27.7 Å². The Morgan fingerprint density at radius 2 is 2.12 bits per heavy atom. The number of carbonyl (C=O) groups is 2. The molecular weight excluding hydrogens is 390 g/mol. The summed E-state index contributed by atoms with van der Waals surface area (Å²) in [7, 11) is 0. The van der Waals surface area contributed by atoms with E-state index in [4.69, 9.17) is 0 Å². The topological polar surface area (TPSA) is 82.8 Å². The van der Waals surface area contributed by atoms with Gasteiger partial charge in [0.1, 0.15) is 11.1 Å². The van der Waals surface area contributed by atoms with E-state index in [1.54, 1.807) is 19.1 Å². The van der Waals surface area contributed by atoms with E-state index in [1.807, 2.05) is 18.2 Å². The average Bonchev–Trinajstić information content (AvgIpc) is 2.52. The molecule has 1 heterocycles. The Morgan fingerprint density at radius 1 is 1.38 bits per heavy atom. The van der Waals surface area contributed by atoms with E-state index < -0.39 is 0 Å². The lowest BCUT2D eigenvalue weighted by Crippen LogP contribution is -2.14. The van der Waals surface area contributed by atoms with Crippen molar-refractivity contribution in [2.24, 2.45) is 0 Å². The van der Waals surface area contributed by atoms with Crippen LogP contribution in [0.3, 0.4) is 0 Å². The number of pyridine rings is 1. The fraction of sp³-hybridized carbons (Fsp3) is 0.176. The zero-order valence-corrected chi connectivity index (χ0v) is 15.5. The lowest BCUT2D eigenvalue weighted by Gasteiger charge is -2.08. The van der Waals surface area contributed by atoms with Gasteiger partial charge in [-0.3, -0.25) is 9.59 Å². The highest BCUT2D eigenvalue weighted by Crippen LogP contribution is 2.23. The third-order valence-electron chi connectivity index (χ3n) is 3.13. The number of nitrogens with zero attached hydrogens (tertiary/aromatic N) is 2. The van der Waals surface area contributed by atoms with E-state index in [2.05, 4.69) is 26.2 Å². The molecule has 0 unspecified atom stereocenters. The number of aryl methyl sites for hydroxylation is 1. The SMILES string of the molecule is CC(=O)c1cc(C#N)c(SCC(=O)Nc2cccc(Br)c2)nc1C. The zero-order valence-electron chi connectivity index (χ0n) is 13.1. The highest BCUT2D eigenvalue weighted by Gasteiger charge is 2.14. The number of aromatic nitrogens is 1. The number of benzene rings is 1. The molecule has 0 atom stereocenters. The Balaban J connectivity index is 2.09. The first-order valence-electron chi connectivity index (χ1n) is 7.01. The molecule has 0 aliphatic rings. The molecule has 0 fully saturated rings. The number of halogens is 1. The van der Waals surface area contributed by atoms with E-state index in [9.17, 15) is 14.9 Å². The second kappa shape index (κ2) is 8.08. The molecule has 1 N–H and O–H groups in total. The molecule has 0 saturated carbocycles. The van der Waals surface area contributed by atoms with Crippen molar-refractivity contribution >= 4 is 45.1 Å². The van der Waals surface area contributed by atoms with Gasteiger partial charge in [-0.15, -0.1) is 0 Å². The number of hydrogen-bond donors (Lipinski definition) is 1. The van der Waals surface area contributed by atoms with Gasteiger partial charge in [-0.25, -0.2) is 4.98 Å². The van der Waals surface area contributed by atoms with Gasteiger partial charge < -0.3 is 5.32 Å². The maximum Gasteiger partial charge on any atom is 0.234 e. The molecule has 0 saturated heterocycles. The van der Waals surface area contributed by atoms with Gasteiger partial charge in [-0.1, -0.05) is 33.8 Å².